The van der Waals surface area contributed by atoms with Crippen molar-refractivity contribution >= 4 is 23.6 Å². The van der Waals surface area contributed by atoms with Crippen molar-refractivity contribution in [2.45, 2.75) is 17.6 Å². The van der Waals surface area contributed by atoms with Crippen molar-refractivity contribution in [2.24, 2.45) is 0 Å². The molecule has 0 N–H and O–H groups in total. The normalized spacial score (nSPS) is 14.4. The lowest BCUT2D eigenvalue weighted by Gasteiger charge is -2.34. The molecular weight excluding hydrogens is 332 g/mol. The Bertz CT molecular complexity index is 723. The van der Waals surface area contributed by atoms with E-state index in [2.05, 4.69) is 12.1 Å². The average molecular weight is 354 g/mol. The molecule has 2 aromatic carbocycles. The van der Waals surface area contributed by atoms with E-state index in [4.69, 9.17) is 0 Å². The summed E-state index contributed by atoms with van der Waals surface area (Å²) < 4.78 is 0. The first-order chi connectivity index (χ1) is 12.1. The molecule has 3 rings (SSSR count). The molecule has 0 spiro atoms. The highest BCUT2D eigenvalue weighted by Gasteiger charge is 2.23. The molecule has 0 unspecified atom stereocenters. The van der Waals surface area contributed by atoms with Gasteiger partial charge in [-0.1, -0.05) is 30.3 Å². The third kappa shape index (κ3) is 4.63. The van der Waals surface area contributed by atoms with Gasteiger partial charge in [0.15, 0.2) is 0 Å². The highest BCUT2D eigenvalue weighted by Crippen LogP contribution is 2.22. The van der Waals surface area contributed by atoms with Crippen LogP contribution in [0.5, 0.6) is 0 Å². The second kappa shape index (κ2) is 8.21. The van der Waals surface area contributed by atoms with Crippen LogP contribution < -0.4 is 0 Å². The highest BCUT2D eigenvalue weighted by molar-refractivity contribution is 7.98. The molecule has 25 heavy (non-hydrogen) atoms. The molecule has 5 heteroatoms. The molecule has 2 aromatic rings. The van der Waals surface area contributed by atoms with E-state index in [1.54, 1.807) is 23.6 Å². The smallest absolute Gasteiger partial charge is 0.253 e. The first-order valence-corrected chi connectivity index (χ1v) is 9.43. The van der Waals surface area contributed by atoms with E-state index < -0.39 is 0 Å². The first kappa shape index (κ1) is 17.5. The summed E-state index contributed by atoms with van der Waals surface area (Å²) in [4.78, 5) is 28.8. The molecule has 1 fully saturated rings. The molecule has 2 amide bonds. The quantitative estimate of drug-likeness (QED) is 0.791. The summed E-state index contributed by atoms with van der Waals surface area (Å²) in [5.41, 5.74) is 1.91. The maximum Gasteiger partial charge on any atom is 0.253 e. The second-order valence-electron chi connectivity index (χ2n) is 6.10. The van der Waals surface area contributed by atoms with Gasteiger partial charge in [0.05, 0.1) is 0 Å². The van der Waals surface area contributed by atoms with E-state index in [0.717, 1.165) is 5.75 Å². The van der Waals surface area contributed by atoms with E-state index in [0.29, 0.717) is 31.7 Å². The van der Waals surface area contributed by atoms with Crippen LogP contribution in [0.2, 0.25) is 0 Å². The minimum atomic E-state index is 0.0467. The number of hydrogen-bond donors (Lipinski definition) is 0. The monoisotopic (exact) mass is 354 g/mol. The maximum atomic E-state index is 12.6. The van der Waals surface area contributed by atoms with Crippen LogP contribution in [-0.2, 0) is 10.5 Å². The lowest BCUT2D eigenvalue weighted by Crippen LogP contribution is -2.50. The van der Waals surface area contributed by atoms with Crippen LogP contribution in [0, 0.1) is 0 Å². The number of benzene rings is 2. The van der Waals surface area contributed by atoms with Gasteiger partial charge in [-0.05, 0) is 29.8 Å². The van der Waals surface area contributed by atoms with Crippen molar-refractivity contribution in [3.8, 4) is 0 Å². The van der Waals surface area contributed by atoms with Gasteiger partial charge in [0, 0.05) is 49.3 Å². The average Bonchev–Trinajstić information content (AvgIpc) is 2.67. The van der Waals surface area contributed by atoms with Gasteiger partial charge < -0.3 is 9.80 Å². The molecule has 0 bridgehead atoms. The molecule has 0 atom stereocenters. The fourth-order valence-corrected chi connectivity index (χ4v) is 3.71. The van der Waals surface area contributed by atoms with Crippen molar-refractivity contribution in [3.63, 3.8) is 0 Å². The van der Waals surface area contributed by atoms with Gasteiger partial charge in [-0.3, -0.25) is 9.59 Å². The van der Waals surface area contributed by atoms with Crippen molar-refractivity contribution in [1.29, 1.82) is 0 Å². The maximum absolute atomic E-state index is 12.6. The molecule has 1 aliphatic rings. The summed E-state index contributed by atoms with van der Waals surface area (Å²) in [7, 11) is 0. The third-order valence-corrected chi connectivity index (χ3v) is 5.44. The molecule has 0 saturated carbocycles. The van der Waals surface area contributed by atoms with E-state index in [-0.39, 0.29) is 11.8 Å². The molecule has 1 heterocycles. The zero-order chi connectivity index (χ0) is 17.6. The number of piperazine rings is 1. The van der Waals surface area contributed by atoms with Crippen LogP contribution in [0.25, 0.3) is 0 Å². The lowest BCUT2D eigenvalue weighted by molar-refractivity contribution is -0.130. The summed E-state index contributed by atoms with van der Waals surface area (Å²) in [6, 6.07) is 18.1. The van der Waals surface area contributed by atoms with Crippen molar-refractivity contribution in [1.82, 2.24) is 9.80 Å². The van der Waals surface area contributed by atoms with Crippen molar-refractivity contribution in [2.75, 3.05) is 26.2 Å². The summed E-state index contributed by atoms with van der Waals surface area (Å²) in [5.74, 6) is 1.01. The lowest BCUT2D eigenvalue weighted by atomic mass is 10.1. The van der Waals surface area contributed by atoms with E-state index in [9.17, 15) is 9.59 Å². The topological polar surface area (TPSA) is 40.6 Å². The van der Waals surface area contributed by atoms with Gasteiger partial charge in [-0.2, -0.15) is 0 Å². The van der Waals surface area contributed by atoms with Crippen molar-refractivity contribution < 1.29 is 9.59 Å². The molecule has 1 aliphatic heterocycles. The summed E-state index contributed by atoms with van der Waals surface area (Å²) in [6.07, 6.45) is 0. The van der Waals surface area contributed by atoms with Gasteiger partial charge in [0.2, 0.25) is 5.91 Å². The molecule has 0 radical (unpaired) electrons. The van der Waals surface area contributed by atoms with Gasteiger partial charge in [-0.15, -0.1) is 11.8 Å². The number of amides is 2. The Morgan fingerprint density at radius 2 is 1.48 bits per heavy atom. The Labute approximate surface area is 152 Å². The Morgan fingerprint density at radius 1 is 0.880 bits per heavy atom. The minimum absolute atomic E-state index is 0.0467. The van der Waals surface area contributed by atoms with Crippen LogP contribution in [-0.4, -0.2) is 47.8 Å². The summed E-state index contributed by atoms with van der Waals surface area (Å²) in [6.45, 7) is 4.01. The minimum Gasteiger partial charge on any atom is -0.339 e. The molecule has 0 aliphatic carbocycles. The zero-order valence-electron chi connectivity index (χ0n) is 14.4. The predicted octanol–water partition coefficient (Wildman–Crippen LogP) is 3.28. The van der Waals surface area contributed by atoms with Gasteiger partial charge in [0.25, 0.3) is 5.91 Å². The largest absolute Gasteiger partial charge is 0.339 e. The molecule has 0 aromatic heterocycles. The van der Waals surface area contributed by atoms with Gasteiger partial charge in [-0.25, -0.2) is 0 Å². The fraction of sp³-hybridized carbons (Fsp3) is 0.300. The molecule has 130 valence electrons. The third-order valence-electron chi connectivity index (χ3n) is 4.36. The highest BCUT2D eigenvalue weighted by atomic mass is 32.2. The number of carbonyl (C=O) groups is 2. The number of thioether (sulfide) groups is 1. The Balaban J connectivity index is 1.55. The van der Waals surface area contributed by atoms with Gasteiger partial charge in [0.1, 0.15) is 0 Å². The predicted molar refractivity (Wildman–Crippen MR) is 101 cm³/mol. The van der Waals surface area contributed by atoms with Crippen LogP contribution in [0.1, 0.15) is 22.8 Å². The number of hydrogen-bond acceptors (Lipinski definition) is 3. The Hall–Kier alpha value is -2.27. The first-order valence-electron chi connectivity index (χ1n) is 8.45. The second-order valence-corrected chi connectivity index (χ2v) is 7.15. The van der Waals surface area contributed by atoms with Crippen LogP contribution in [0.4, 0.5) is 0 Å². The fourth-order valence-electron chi connectivity index (χ4n) is 2.83. The van der Waals surface area contributed by atoms with Crippen LogP contribution >= 0.6 is 11.8 Å². The SMILES string of the molecule is CC(=O)N1CCN(C(=O)c2ccc(CSc3ccccc3)cc2)CC1. The Morgan fingerprint density at radius 3 is 2.08 bits per heavy atom. The van der Waals surface area contributed by atoms with Crippen LogP contribution in [0.15, 0.2) is 59.5 Å². The summed E-state index contributed by atoms with van der Waals surface area (Å²) in [5, 5.41) is 0. The van der Waals surface area contributed by atoms with E-state index in [1.807, 2.05) is 47.4 Å². The standard InChI is InChI=1S/C20H22N2O2S/c1-16(23)21-11-13-22(14-12-21)20(24)18-9-7-17(8-10-18)15-25-19-5-3-2-4-6-19/h2-10H,11-15H2,1H3. The van der Waals surface area contributed by atoms with Gasteiger partial charge >= 0.3 is 0 Å². The van der Waals surface area contributed by atoms with E-state index in [1.165, 1.54) is 10.5 Å². The molecular formula is C20H22N2O2S. The number of nitrogens with zero attached hydrogens (tertiary/aromatic N) is 2. The van der Waals surface area contributed by atoms with E-state index >= 15 is 0 Å². The summed E-state index contributed by atoms with van der Waals surface area (Å²) >= 11 is 1.79. The van der Waals surface area contributed by atoms with Crippen molar-refractivity contribution in [3.05, 3.63) is 65.7 Å². The molecule has 4 nitrogen and oxygen atoms in total. The number of carbonyl (C=O) groups excluding carboxylic acids is 2. The zero-order valence-corrected chi connectivity index (χ0v) is 15.2. The Kier molecular flexibility index (Phi) is 5.76. The molecule has 1 saturated heterocycles. The van der Waals surface area contributed by atoms with Crippen LogP contribution in [0.3, 0.4) is 0 Å². The number of rotatable bonds is 4.